The predicted molar refractivity (Wildman–Crippen MR) is 97.6 cm³/mol. The van der Waals surface area contributed by atoms with Gasteiger partial charge in [-0.05, 0) is 59.5 Å². The number of aromatic nitrogens is 2. The summed E-state index contributed by atoms with van der Waals surface area (Å²) in [5, 5.41) is 3.24. The third-order valence-corrected chi connectivity index (χ3v) is 4.18. The van der Waals surface area contributed by atoms with Crippen LogP contribution in [0.25, 0.3) is 11.1 Å². The summed E-state index contributed by atoms with van der Waals surface area (Å²) < 4.78 is 13.6. The topological polar surface area (TPSA) is 76.2 Å². The highest BCUT2D eigenvalue weighted by atomic mass is 19.1. The normalized spacial score (nSPS) is 12.2. The van der Waals surface area contributed by atoms with Crippen molar-refractivity contribution in [3.05, 3.63) is 65.1 Å². The van der Waals surface area contributed by atoms with E-state index in [-0.39, 0.29) is 11.8 Å². The minimum absolute atomic E-state index is 0.206. The van der Waals surface area contributed by atoms with E-state index in [9.17, 15) is 4.39 Å². The Bertz CT molecular complexity index is 997. The zero-order valence-corrected chi connectivity index (χ0v) is 13.6. The maximum Gasteiger partial charge on any atom is 0.221 e. The molecule has 0 unspecified atom stereocenters. The Morgan fingerprint density at radius 3 is 2.84 bits per heavy atom. The van der Waals surface area contributed by atoms with Gasteiger partial charge in [-0.25, -0.2) is 9.37 Å². The van der Waals surface area contributed by atoms with Crippen molar-refractivity contribution in [1.29, 1.82) is 0 Å². The van der Waals surface area contributed by atoms with Crippen molar-refractivity contribution in [3.8, 4) is 11.1 Å². The Labute approximate surface area is 144 Å². The highest BCUT2D eigenvalue weighted by Crippen LogP contribution is 2.34. The lowest BCUT2D eigenvalue weighted by Gasteiger charge is -2.13. The van der Waals surface area contributed by atoms with Crippen molar-refractivity contribution in [2.24, 2.45) is 4.99 Å². The highest BCUT2D eigenvalue weighted by molar-refractivity contribution is 5.91. The van der Waals surface area contributed by atoms with Gasteiger partial charge in [0, 0.05) is 23.7 Å². The van der Waals surface area contributed by atoms with Gasteiger partial charge in [-0.15, -0.1) is 0 Å². The second-order valence-electron chi connectivity index (χ2n) is 5.95. The van der Waals surface area contributed by atoms with Gasteiger partial charge >= 0.3 is 0 Å². The smallest absolute Gasteiger partial charge is 0.221 e. The zero-order chi connectivity index (χ0) is 17.4. The van der Waals surface area contributed by atoms with Gasteiger partial charge in [0.1, 0.15) is 11.6 Å². The summed E-state index contributed by atoms with van der Waals surface area (Å²) in [5.74, 6) is 0.619. The molecule has 0 saturated carbocycles. The van der Waals surface area contributed by atoms with Gasteiger partial charge in [-0.1, -0.05) is 6.07 Å². The molecule has 0 spiro atoms. The molecule has 0 atom stereocenters. The van der Waals surface area contributed by atoms with Crippen LogP contribution in [-0.4, -0.2) is 16.2 Å². The van der Waals surface area contributed by atoms with Crippen molar-refractivity contribution in [2.75, 3.05) is 11.1 Å². The number of aliphatic imine (C=N–C) groups is 1. The van der Waals surface area contributed by atoms with Crippen LogP contribution in [-0.2, 0) is 6.54 Å². The molecule has 1 aromatic heterocycles. The SMILES string of the molecule is Cc1cc(-c2cc(Nc3ccnc(N)n3)cc3c2CN=C3)ccc1F. The zero-order valence-electron chi connectivity index (χ0n) is 13.6. The van der Waals surface area contributed by atoms with Crippen molar-refractivity contribution < 1.29 is 4.39 Å². The summed E-state index contributed by atoms with van der Waals surface area (Å²) in [6.45, 7) is 2.39. The van der Waals surface area contributed by atoms with Gasteiger partial charge in [-0.3, -0.25) is 4.99 Å². The Balaban J connectivity index is 1.79. The highest BCUT2D eigenvalue weighted by Gasteiger charge is 2.16. The van der Waals surface area contributed by atoms with Crippen LogP contribution < -0.4 is 11.1 Å². The number of hydrogen-bond acceptors (Lipinski definition) is 5. The van der Waals surface area contributed by atoms with Crippen LogP contribution in [0, 0.1) is 12.7 Å². The quantitative estimate of drug-likeness (QED) is 0.763. The Hall–Kier alpha value is -3.28. The first kappa shape index (κ1) is 15.3. The number of hydrogen-bond donors (Lipinski definition) is 2. The molecule has 2 heterocycles. The van der Waals surface area contributed by atoms with Crippen LogP contribution in [0.2, 0.25) is 0 Å². The summed E-state index contributed by atoms with van der Waals surface area (Å²) in [4.78, 5) is 12.4. The molecule has 0 saturated heterocycles. The van der Waals surface area contributed by atoms with E-state index in [1.54, 1.807) is 25.3 Å². The van der Waals surface area contributed by atoms with Crippen LogP contribution >= 0.6 is 0 Å². The average Bonchev–Trinajstić information content (AvgIpc) is 3.05. The van der Waals surface area contributed by atoms with E-state index in [1.807, 2.05) is 24.4 Å². The number of benzene rings is 2. The van der Waals surface area contributed by atoms with Crippen molar-refractivity contribution >= 4 is 23.7 Å². The number of nitrogen functional groups attached to an aromatic ring is 1. The number of aryl methyl sites for hydroxylation is 1. The molecule has 1 aliphatic heterocycles. The second kappa shape index (κ2) is 5.98. The number of nitrogens with two attached hydrogens (primary N) is 1. The Morgan fingerprint density at radius 2 is 2.04 bits per heavy atom. The first-order valence-corrected chi connectivity index (χ1v) is 7.89. The molecule has 25 heavy (non-hydrogen) atoms. The van der Waals surface area contributed by atoms with Gasteiger partial charge in [0.15, 0.2) is 0 Å². The van der Waals surface area contributed by atoms with Gasteiger partial charge in [-0.2, -0.15) is 4.98 Å². The van der Waals surface area contributed by atoms with Gasteiger partial charge in [0.25, 0.3) is 0 Å². The van der Waals surface area contributed by atoms with E-state index >= 15 is 0 Å². The molecule has 1 aliphatic rings. The lowest BCUT2D eigenvalue weighted by molar-refractivity contribution is 0.619. The summed E-state index contributed by atoms with van der Waals surface area (Å²) in [5.41, 5.74) is 11.3. The molecule has 0 amide bonds. The molecule has 0 radical (unpaired) electrons. The predicted octanol–water partition coefficient (Wildman–Crippen LogP) is 3.85. The molecule has 6 heteroatoms. The lowest BCUT2D eigenvalue weighted by atomic mass is 9.95. The molecule has 4 rings (SSSR count). The fourth-order valence-corrected chi connectivity index (χ4v) is 2.95. The Morgan fingerprint density at radius 1 is 1.16 bits per heavy atom. The summed E-state index contributed by atoms with van der Waals surface area (Å²) in [7, 11) is 0. The van der Waals surface area contributed by atoms with Gasteiger partial charge < -0.3 is 11.1 Å². The molecule has 2 aromatic carbocycles. The summed E-state index contributed by atoms with van der Waals surface area (Å²) in [6.07, 6.45) is 3.46. The molecule has 0 fully saturated rings. The largest absolute Gasteiger partial charge is 0.368 e. The van der Waals surface area contributed by atoms with E-state index in [0.29, 0.717) is 17.9 Å². The van der Waals surface area contributed by atoms with Crippen LogP contribution in [0.15, 0.2) is 47.6 Å². The number of halogens is 1. The van der Waals surface area contributed by atoms with E-state index in [1.165, 1.54) is 6.07 Å². The van der Waals surface area contributed by atoms with Crippen LogP contribution in [0.1, 0.15) is 16.7 Å². The summed E-state index contributed by atoms with van der Waals surface area (Å²) in [6, 6.07) is 10.9. The van der Waals surface area contributed by atoms with Gasteiger partial charge in [0.05, 0.1) is 6.54 Å². The molecule has 3 N–H and O–H groups in total. The standard InChI is InChI=1S/C19H16FN5/c1-11-6-12(2-3-17(11)20)15-8-14(7-13-9-22-10-16(13)15)24-18-4-5-23-19(21)25-18/h2-9H,10H2,1H3,(H3,21,23,24,25). The minimum Gasteiger partial charge on any atom is -0.368 e. The molecule has 3 aromatic rings. The van der Waals surface area contributed by atoms with Crippen molar-refractivity contribution in [3.63, 3.8) is 0 Å². The lowest BCUT2D eigenvalue weighted by Crippen LogP contribution is -2.01. The maximum absolute atomic E-state index is 13.6. The number of nitrogens with zero attached hydrogens (tertiary/aromatic N) is 3. The average molecular weight is 333 g/mol. The van der Waals surface area contributed by atoms with E-state index in [4.69, 9.17) is 5.73 Å². The van der Waals surface area contributed by atoms with Crippen LogP contribution in [0.3, 0.4) is 0 Å². The molecule has 0 bridgehead atoms. The molecular formula is C19H16FN5. The van der Waals surface area contributed by atoms with E-state index in [0.717, 1.165) is 27.9 Å². The van der Waals surface area contributed by atoms with Crippen LogP contribution in [0.4, 0.5) is 21.8 Å². The molecule has 0 aliphatic carbocycles. The third-order valence-electron chi connectivity index (χ3n) is 4.18. The van der Waals surface area contributed by atoms with Crippen LogP contribution in [0.5, 0.6) is 0 Å². The first-order chi connectivity index (χ1) is 12.1. The number of anilines is 3. The second-order valence-corrected chi connectivity index (χ2v) is 5.95. The van der Waals surface area contributed by atoms with E-state index in [2.05, 4.69) is 20.3 Å². The Kier molecular flexibility index (Phi) is 3.65. The molecule has 5 nitrogen and oxygen atoms in total. The summed E-state index contributed by atoms with van der Waals surface area (Å²) >= 11 is 0. The molecule has 124 valence electrons. The fraction of sp³-hybridized carbons (Fsp3) is 0.105. The van der Waals surface area contributed by atoms with Crippen molar-refractivity contribution in [2.45, 2.75) is 13.5 Å². The first-order valence-electron chi connectivity index (χ1n) is 7.89. The van der Waals surface area contributed by atoms with Crippen molar-refractivity contribution in [1.82, 2.24) is 9.97 Å². The number of rotatable bonds is 3. The number of nitrogens with one attached hydrogen (secondary N) is 1. The maximum atomic E-state index is 13.6. The third kappa shape index (κ3) is 2.94. The fourth-order valence-electron chi connectivity index (χ4n) is 2.95. The molecular weight excluding hydrogens is 317 g/mol. The van der Waals surface area contributed by atoms with Gasteiger partial charge in [0.2, 0.25) is 5.95 Å². The monoisotopic (exact) mass is 333 g/mol. The minimum atomic E-state index is -0.206. The number of fused-ring (bicyclic) bond motifs is 1. The van der Waals surface area contributed by atoms with E-state index < -0.39 is 0 Å².